The molecule has 0 fully saturated rings. The average Bonchev–Trinajstić information content (AvgIpc) is 2.62. The first-order valence-electron chi connectivity index (χ1n) is 8.25. The van der Waals surface area contributed by atoms with E-state index in [1.165, 1.54) is 24.3 Å². The van der Waals surface area contributed by atoms with E-state index in [1.54, 1.807) is 30.3 Å². The topological polar surface area (TPSA) is 87.3 Å². The Morgan fingerprint density at radius 1 is 0.741 bits per heavy atom. The fraction of sp³-hybridized carbons (Fsp3) is 0.0500. The molecule has 0 spiro atoms. The molecule has 0 aliphatic heterocycles. The van der Waals surface area contributed by atoms with E-state index in [9.17, 15) is 13.2 Å². The summed E-state index contributed by atoms with van der Waals surface area (Å²) in [5.74, 6) is 0. The van der Waals surface area contributed by atoms with E-state index in [-0.39, 0.29) is 4.90 Å². The van der Waals surface area contributed by atoms with Crippen LogP contribution in [0, 0.1) is 6.92 Å². The summed E-state index contributed by atoms with van der Waals surface area (Å²) in [6.07, 6.45) is 0. The number of carbonyl (C=O) groups excluding carboxylic acids is 1. The molecule has 3 N–H and O–H groups in total. The first-order chi connectivity index (χ1) is 12.9. The van der Waals surface area contributed by atoms with Gasteiger partial charge in [-0.15, -0.1) is 0 Å². The zero-order valence-electron chi connectivity index (χ0n) is 14.6. The SMILES string of the molecule is Cc1cccc(NS(=O)(=O)c2ccc(NC(=O)Nc3ccccc3)cc2)c1. The van der Waals surface area contributed by atoms with Crippen molar-refractivity contribution in [2.75, 3.05) is 15.4 Å². The molecule has 7 heteroatoms. The number of urea groups is 1. The number of benzene rings is 3. The molecule has 0 saturated heterocycles. The molecule has 0 saturated carbocycles. The van der Waals surface area contributed by atoms with Crippen molar-refractivity contribution in [1.29, 1.82) is 0 Å². The summed E-state index contributed by atoms with van der Waals surface area (Å²) in [6.45, 7) is 1.89. The van der Waals surface area contributed by atoms with Gasteiger partial charge in [-0.2, -0.15) is 0 Å². The Morgan fingerprint density at radius 2 is 1.33 bits per heavy atom. The van der Waals surface area contributed by atoms with Crippen LogP contribution in [0.1, 0.15) is 5.56 Å². The smallest absolute Gasteiger partial charge is 0.308 e. The van der Waals surface area contributed by atoms with Crippen molar-refractivity contribution in [3.63, 3.8) is 0 Å². The standard InChI is InChI=1S/C20H19N3O3S/c1-15-6-5-9-18(14-15)23-27(25,26)19-12-10-17(11-13-19)22-20(24)21-16-7-3-2-4-8-16/h2-14,23H,1H3,(H2,21,22,24). The van der Waals surface area contributed by atoms with E-state index in [1.807, 2.05) is 31.2 Å². The maximum atomic E-state index is 12.5. The van der Waals surface area contributed by atoms with Gasteiger partial charge in [-0.05, 0) is 61.0 Å². The molecule has 0 heterocycles. The summed E-state index contributed by atoms with van der Waals surface area (Å²) in [5.41, 5.74) is 2.60. The van der Waals surface area contributed by atoms with Crippen LogP contribution in [-0.2, 0) is 10.0 Å². The molecule has 3 rings (SSSR count). The first kappa shape index (κ1) is 18.5. The monoisotopic (exact) mass is 381 g/mol. The summed E-state index contributed by atoms with van der Waals surface area (Å²) in [7, 11) is -3.70. The molecular weight excluding hydrogens is 362 g/mol. The molecular formula is C20H19N3O3S. The van der Waals surface area contributed by atoms with Gasteiger partial charge in [0.05, 0.1) is 4.90 Å². The van der Waals surface area contributed by atoms with E-state index in [2.05, 4.69) is 15.4 Å². The van der Waals surface area contributed by atoms with Crippen molar-refractivity contribution >= 4 is 33.1 Å². The van der Waals surface area contributed by atoms with E-state index in [0.29, 0.717) is 17.1 Å². The third-order valence-electron chi connectivity index (χ3n) is 3.72. The number of para-hydroxylation sites is 1. The van der Waals surface area contributed by atoms with Crippen LogP contribution in [0.25, 0.3) is 0 Å². The molecule has 138 valence electrons. The summed E-state index contributed by atoms with van der Waals surface area (Å²) >= 11 is 0. The zero-order valence-corrected chi connectivity index (χ0v) is 15.5. The maximum absolute atomic E-state index is 12.5. The minimum absolute atomic E-state index is 0.109. The Bertz CT molecular complexity index is 1030. The van der Waals surface area contributed by atoms with Crippen molar-refractivity contribution in [1.82, 2.24) is 0 Å². The number of amides is 2. The molecule has 27 heavy (non-hydrogen) atoms. The molecule has 0 radical (unpaired) electrons. The number of hydrogen-bond donors (Lipinski definition) is 3. The molecule has 3 aromatic carbocycles. The van der Waals surface area contributed by atoms with E-state index in [4.69, 9.17) is 0 Å². The highest BCUT2D eigenvalue weighted by Gasteiger charge is 2.14. The van der Waals surface area contributed by atoms with Gasteiger partial charge in [-0.1, -0.05) is 30.3 Å². The fourth-order valence-corrected chi connectivity index (χ4v) is 3.50. The van der Waals surface area contributed by atoms with E-state index < -0.39 is 16.1 Å². The van der Waals surface area contributed by atoms with Gasteiger partial charge in [0, 0.05) is 17.1 Å². The van der Waals surface area contributed by atoms with Gasteiger partial charge in [-0.25, -0.2) is 13.2 Å². The zero-order chi connectivity index (χ0) is 19.3. The third-order valence-corrected chi connectivity index (χ3v) is 5.12. The van der Waals surface area contributed by atoms with Gasteiger partial charge in [0.2, 0.25) is 0 Å². The second kappa shape index (κ2) is 7.92. The summed E-state index contributed by atoms with van der Waals surface area (Å²) < 4.78 is 27.5. The van der Waals surface area contributed by atoms with E-state index in [0.717, 1.165) is 5.56 Å². The van der Waals surface area contributed by atoms with Crippen LogP contribution < -0.4 is 15.4 Å². The van der Waals surface area contributed by atoms with Crippen molar-refractivity contribution in [3.8, 4) is 0 Å². The molecule has 2 amide bonds. The van der Waals surface area contributed by atoms with Crippen molar-refractivity contribution in [2.45, 2.75) is 11.8 Å². The van der Waals surface area contributed by atoms with Gasteiger partial charge in [-0.3, -0.25) is 4.72 Å². The summed E-state index contributed by atoms with van der Waals surface area (Å²) in [6, 6.07) is 21.7. The van der Waals surface area contributed by atoms with Crippen LogP contribution in [0.3, 0.4) is 0 Å². The van der Waals surface area contributed by atoms with Crippen LogP contribution in [-0.4, -0.2) is 14.4 Å². The van der Waals surface area contributed by atoms with Crippen LogP contribution in [0.4, 0.5) is 21.9 Å². The van der Waals surface area contributed by atoms with Crippen molar-refractivity contribution < 1.29 is 13.2 Å². The van der Waals surface area contributed by atoms with Crippen molar-refractivity contribution in [2.24, 2.45) is 0 Å². The highest BCUT2D eigenvalue weighted by Crippen LogP contribution is 2.19. The molecule has 3 aromatic rings. The van der Waals surface area contributed by atoms with Gasteiger partial charge >= 0.3 is 6.03 Å². The third kappa shape index (κ3) is 5.08. The Balaban J connectivity index is 1.66. The number of sulfonamides is 1. The van der Waals surface area contributed by atoms with Crippen LogP contribution in [0.2, 0.25) is 0 Å². The number of aryl methyl sites for hydroxylation is 1. The second-order valence-electron chi connectivity index (χ2n) is 5.94. The first-order valence-corrected chi connectivity index (χ1v) is 9.73. The molecule has 6 nitrogen and oxygen atoms in total. The predicted molar refractivity (Wildman–Crippen MR) is 108 cm³/mol. The van der Waals surface area contributed by atoms with Crippen molar-refractivity contribution in [3.05, 3.63) is 84.4 Å². The van der Waals surface area contributed by atoms with Gasteiger partial charge in [0.25, 0.3) is 10.0 Å². The van der Waals surface area contributed by atoms with Crippen LogP contribution in [0.5, 0.6) is 0 Å². The van der Waals surface area contributed by atoms with Crippen LogP contribution >= 0.6 is 0 Å². The number of nitrogens with one attached hydrogen (secondary N) is 3. The Morgan fingerprint density at radius 3 is 1.96 bits per heavy atom. The number of rotatable bonds is 5. The van der Waals surface area contributed by atoms with Crippen LogP contribution in [0.15, 0.2) is 83.8 Å². The molecule has 0 bridgehead atoms. The lowest BCUT2D eigenvalue weighted by atomic mass is 10.2. The number of carbonyl (C=O) groups is 1. The highest BCUT2D eigenvalue weighted by molar-refractivity contribution is 7.92. The van der Waals surface area contributed by atoms with Gasteiger partial charge in [0.1, 0.15) is 0 Å². The lowest BCUT2D eigenvalue weighted by Gasteiger charge is -2.10. The molecule has 0 aliphatic carbocycles. The second-order valence-corrected chi connectivity index (χ2v) is 7.63. The minimum atomic E-state index is -3.70. The lowest BCUT2D eigenvalue weighted by Crippen LogP contribution is -2.19. The Kier molecular flexibility index (Phi) is 5.42. The fourth-order valence-electron chi connectivity index (χ4n) is 2.45. The maximum Gasteiger partial charge on any atom is 0.323 e. The number of anilines is 3. The van der Waals surface area contributed by atoms with Gasteiger partial charge in [0.15, 0.2) is 0 Å². The minimum Gasteiger partial charge on any atom is -0.308 e. The highest BCUT2D eigenvalue weighted by atomic mass is 32.2. The molecule has 0 unspecified atom stereocenters. The lowest BCUT2D eigenvalue weighted by molar-refractivity contribution is 0.262. The Hall–Kier alpha value is -3.32. The van der Waals surface area contributed by atoms with E-state index >= 15 is 0 Å². The summed E-state index contributed by atoms with van der Waals surface area (Å²) in [5, 5.41) is 5.35. The quantitative estimate of drug-likeness (QED) is 0.610. The molecule has 0 aromatic heterocycles. The Labute approximate surface area is 158 Å². The summed E-state index contributed by atoms with van der Waals surface area (Å²) in [4.78, 5) is 12.1. The number of hydrogen-bond acceptors (Lipinski definition) is 3. The molecule has 0 atom stereocenters. The predicted octanol–water partition coefficient (Wildman–Crippen LogP) is 4.44. The largest absolute Gasteiger partial charge is 0.323 e. The normalized spacial score (nSPS) is 10.9. The molecule has 0 aliphatic rings. The average molecular weight is 381 g/mol. The van der Waals surface area contributed by atoms with Gasteiger partial charge < -0.3 is 10.6 Å².